The van der Waals surface area contributed by atoms with Crippen LogP contribution in [-0.4, -0.2) is 39.0 Å². The Balaban J connectivity index is 1.37. The van der Waals surface area contributed by atoms with Crippen molar-refractivity contribution in [3.8, 4) is 11.3 Å². The second-order valence-corrected chi connectivity index (χ2v) is 7.07. The topological polar surface area (TPSA) is 46.0 Å². The van der Waals surface area contributed by atoms with E-state index in [-0.39, 0.29) is 11.9 Å². The first-order valence-electron chi connectivity index (χ1n) is 8.97. The molecule has 2 aliphatic heterocycles. The van der Waals surface area contributed by atoms with E-state index in [4.69, 9.17) is 0 Å². The number of likely N-dealkylation sites (tertiary alicyclic amines) is 1. The van der Waals surface area contributed by atoms with E-state index in [0.717, 1.165) is 48.7 Å². The van der Waals surface area contributed by atoms with Crippen molar-refractivity contribution in [2.45, 2.75) is 25.2 Å². The highest BCUT2D eigenvalue weighted by Crippen LogP contribution is 2.31. The largest absolute Gasteiger partial charge is 0.305 e. The lowest BCUT2D eigenvalue weighted by Gasteiger charge is -2.27. The molecule has 2 atom stereocenters. The van der Waals surface area contributed by atoms with Crippen LogP contribution in [0.4, 0.5) is 4.39 Å². The summed E-state index contributed by atoms with van der Waals surface area (Å²) in [5.74, 6) is -0.189. The fraction of sp³-hybridized carbons (Fsp3) is 0.300. The van der Waals surface area contributed by atoms with Gasteiger partial charge in [0.1, 0.15) is 11.5 Å². The monoisotopic (exact) mass is 349 g/mol. The number of nitrogens with one attached hydrogen (secondary N) is 1. The molecule has 26 heavy (non-hydrogen) atoms. The van der Waals surface area contributed by atoms with Gasteiger partial charge in [0.15, 0.2) is 0 Å². The standard InChI is InChI=1S/C20H20FN5/c21-16-8-6-14(7-9-16)11-25-12-17-19(13-25)26-18(10-22-17)20(23-24-26)15-4-2-1-3-5-15/h1-9,17,19,22H,10-13H2/t17-,19-/m0/s1. The van der Waals surface area contributed by atoms with Crippen molar-refractivity contribution in [1.82, 2.24) is 25.2 Å². The molecule has 5 rings (SSSR count). The van der Waals surface area contributed by atoms with Crippen LogP contribution >= 0.6 is 0 Å². The number of nitrogens with zero attached hydrogens (tertiary/aromatic N) is 4. The molecule has 6 heteroatoms. The van der Waals surface area contributed by atoms with Gasteiger partial charge in [-0.15, -0.1) is 5.10 Å². The molecule has 0 bridgehead atoms. The van der Waals surface area contributed by atoms with E-state index in [1.807, 2.05) is 30.3 Å². The van der Waals surface area contributed by atoms with E-state index in [1.54, 1.807) is 0 Å². The Morgan fingerprint density at radius 3 is 2.65 bits per heavy atom. The van der Waals surface area contributed by atoms with E-state index >= 15 is 0 Å². The molecule has 2 aromatic carbocycles. The van der Waals surface area contributed by atoms with E-state index in [1.165, 1.54) is 12.1 Å². The molecule has 0 saturated carbocycles. The van der Waals surface area contributed by atoms with Gasteiger partial charge in [-0.05, 0) is 17.7 Å². The molecular weight excluding hydrogens is 329 g/mol. The van der Waals surface area contributed by atoms with E-state index in [2.05, 4.69) is 37.3 Å². The Kier molecular flexibility index (Phi) is 3.80. The Hall–Kier alpha value is -2.57. The summed E-state index contributed by atoms with van der Waals surface area (Å²) in [7, 11) is 0. The Morgan fingerprint density at radius 2 is 1.85 bits per heavy atom. The number of benzene rings is 2. The van der Waals surface area contributed by atoms with Crippen LogP contribution in [0.3, 0.4) is 0 Å². The highest BCUT2D eigenvalue weighted by Gasteiger charge is 2.39. The number of hydrogen-bond acceptors (Lipinski definition) is 4. The van der Waals surface area contributed by atoms with Crippen LogP contribution in [0, 0.1) is 5.82 Å². The van der Waals surface area contributed by atoms with Gasteiger partial charge < -0.3 is 5.32 Å². The third-order valence-electron chi connectivity index (χ3n) is 5.37. The minimum absolute atomic E-state index is 0.189. The molecule has 0 amide bonds. The van der Waals surface area contributed by atoms with Crippen molar-refractivity contribution in [2.75, 3.05) is 13.1 Å². The van der Waals surface area contributed by atoms with Gasteiger partial charge in [-0.3, -0.25) is 4.90 Å². The first-order chi connectivity index (χ1) is 12.8. The summed E-state index contributed by atoms with van der Waals surface area (Å²) >= 11 is 0. The molecule has 3 aromatic rings. The highest BCUT2D eigenvalue weighted by molar-refractivity contribution is 5.61. The van der Waals surface area contributed by atoms with Gasteiger partial charge in [0, 0.05) is 37.8 Å². The molecule has 1 saturated heterocycles. The number of aromatic nitrogens is 3. The van der Waals surface area contributed by atoms with Gasteiger partial charge in [-0.2, -0.15) is 0 Å². The Bertz CT molecular complexity index is 906. The van der Waals surface area contributed by atoms with Gasteiger partial charge in [0.25, 0.3) is 0 Å². The molecule has 2 aliphatic rings. The maximum Gasteiger partial charge on any atom is 0.123 e. The summed E-state index contributed by atoms with van der Waals surface area (Å²) in [6, 6.07) is 17.6. The quantitative estimate of drug-likeness (QED) is 0.790. The number of rotatable bonds is 3. The van der Waals surface area contributed by atoms with Gasteiger partial charge in [-0.1, -0.05) is 47.7 Å². The van der Waals surface area contributed by atoms with Crippen molar-refractivity contribution in [2.24, 2.45) is 0 Å². The lowest BCUT2D eigenvalue weighted by atomic mass is 10.1. The normalized spacial score (nSPS) is 22.2. The minimum atomic E-state index is -0.189. The number of fused-ring (bicyclic) bond motifs is 3. The fourth-order valence-corrected chi connectivity index (χ4v) is 4.08. The zero-order valence-corrected chi connectivity index (χ0v) is 14.3. The van der Waals surface area contributed by atoms with Gasteiger partial charge in [0.2, 0.25) is 0 Å². The fourth-order valence-electron chi connectivity index (χ4n) is 4.08. The molecule has 5 nitrogen and oxygen atoms in total. The van der Waals surface area contributed by atoms with Crippen molar-refractivity contribution >= 4 is 0 Å². The smallest absolute Gasteiger partial charge is 0.123 e. The minimum Gasteiger partial charge on any atom is -0.305 e. The van der Waals surface area contributed by atoms with E-state index in [0.29, 0.717) is 6.04 Å². The maximum absolute atomic E-state index is 13.1. The van der Waals surface area contributed by atoms with E-state index < -0.39 is 0 Å². The molecule has 0 aliphatic carbocycles. The van der Waals surface area contributed by atoms with Gasteiger partial charge >= 0.3 is 0 Å². The summed E-state index contributed by atoms with van der Waals surface area (Å²) < 4.78 is 15.2. The molecule has 1 aromatic heterocycles. The number of hydrogen-bond donors (Lipinski definition) is 1. The summed E-state index contributed by atoms with van der Waals surface area (Å²) in [5.41, 5.74) is 4.36. The zero-order chi connectivity index (χ0) is 17.5. The van der Waals surface area contributed by atoms with Crippen molar-refractivity contribution in [1.29, 1.82) is 0 Å². The third-order valence-corrected chi connectivity index (χ3v) is 5.37. The molecular formula is C20H20FN5. The zero-order valence-electron chi connectivity index (χ0n) is 14.3. The van der Waals surface area contributed by atoms with Gasteiger partial charge in [-0.25, -0.2) is 9.07 Å². The highest BCUT2D eigenvalue weighted by atomic mass is 19.1. The molecule has 3 heterocycles. The van der Waals surface area contributed by atoms with Crippen molar-refractivity contribution < 1.29 is 4.39 Å². The van der Waals surface area contributed by atoms with Crippen LogP contribution in [-0.2, 0) is 13.1 Å². The van der Waals surface area contributed by atoms with Crippen LogP contribution in [0.5, 0.6) is 0 Å². The lowest BCUT2D eigenvalue weighted by Crippen LogP contribution is -2.42. The molecule has 1 N–H and O–H groups in total. The first-order valence-corrected chi connectivity index (χ1v) is 8.97. The van der Waals surface area contributed by atoms with Gasteiger partial charge in [0.05, 0.1) is 11.7 Å². The van der Waals surface area contributed by atoms with Crippen LogP contribution in [0.2, 0.25) is 0 Å². The molecule has 0 unspecified atom stereocenters. The molecule has 1 fully saturated rings. The summed E-state index contributed by atoms with van der Waals surface area (Å²) in [6.07, 6.45) is 0. The summed E-state index contributed by atoms with van der Waals surface area (Å²) in [4.78, 5) is 2.40. The summed E-state index contributed by atoms with van der Waals surface area (Å²) in [5, 5.41) is 12.6. The maximum atomic E-state index is 13.1. The number of halogens is 1. The second-order valence-electron chi connectivity index (χ2n) is 7.07. The van der Waals surface area contributed by atoms with E-state index in [9.17, 15) is 4.39 Å². The SMILES string of the molecule is Fc1ccc(CN2C[C@@H]3NCc4c(-c5ccccc5)nnn4[C@H]3C2)cc1. The lowest BCUT2D eigenvalue weighted by molar-refractivity contribution is 0.307. The van der Waals surface area contributed by atoms with Crippen molar-refractivity contribution in [3.63, 3.8) is 0 Å². The van der Waals surface area contributed by atoms with Crippen LogP contribution in [0.1, 0.15) is 17.3 Å². The average molecular weight is 349 g/mol. The molecule has 0 spiro atoms. The predicted octanol–water partition coefficient (Wildman–Crippen LogP) is 2.61. The second kappa shape index (κ2) is 6.30. The third kappa shape index (κ3) is 2.71. The molecule has 0 radical (unpaired) electrons. The van der Waals surface area contributed by atoms with Crippen LogP contribution in [0.25, 0.3) is 11.3 Å². The molecule has 132 valence electrons. The Morgan fingerprint density at radius 1 is 1.04 bits per heavy atom. The predicted molar refractivity (Wildman–Crippen MR) is 96.8 cm³/mol. The first kappa shape index (κ1) is 15.7. The summed E-state index contributed by atoms with van der Waals surface area (Å²) in [6.45, 7) is 3.48. The van der Waals surface area contributed by atoms with Crippen molar-refractivity contribution in [3.05, 3.63) is 71.7 Å². The van der Waals surface area contributed by atoms with Crippen LogP contribution < -0.4 is 5.32 Å². The Labute approximate surface area is 151 Å². The van der Waals surface area contributed by atoms with Crippen LogP contribution in [0.15, 0.2) is 54.6 Å². The average Bonchev–Trinajstić information content (AvgIpc) is 3.27.